The zero-order chi connectivity index (χ0) is 12.7. The third-order valence-corrected chi connectivity index (χ3v) is 2.38. The smallest absolute Gasteiger partial charge is 0.0672 e. The monoisotopic (exact) mass is 233 g/mol. The largest absolute Gasteiger partial charge is 0.376 e. The molecule has 0 aliphatic heterocycles. The highest BCUT2D eigenvalue weighted by molar-refractivity contribution is 5.28. The molecule has 0 radical (unpaired) electrons. The Morgan fingerprint density at radius 2 is 1.88 bits per heavy atom. The lowest BCUT2D eigenvalue weighted by Crippen LogP contribution is -2.19. The van der Waals surface area contributed by atoms with Crippen LogP contribution in [0.1, 0.15) is 23.6 Å². The summed E-state index contributed by atoms with van der Waals surface area (Å²) in [6.07, 6.45) is 0. The van der Waals surface area contributed by atoms with Crippen molar-refractivity contribution in [2.45, 2.75) is 27.3 Å². The van der Waals surface area contributed by atoms with E-state index in [9.17, 15) is 0 Å². The Bertz CT molecular complexity index is 351. The predicted molar refractivity (Wildman–Crippen MR) is 73.3 cm³/mol. The van der Waals surface area contributed by atoms with Crippen LogP contribution in [0.3, 0.4) is 0 Å². The number of hydrogen-bond acceptors (Lipinski definition) is 2. The fourth-order valence-electron chi connectivity index (χ4n) is 1.79. The second-order valence-corrected chi connectivity index (χ2v) is 4.68. The van der Waals surface area contributed by atoms with Gasteiger partial charge in [-0.25, -0.2) is 0 Å². The van der Waals surface area contributed by atoms with E-state index in [1.807, 2.05) is 6.92 Å². The minimum absolute atomic E-state index is 0.658. The lowest BCUT2D eigenvalue weighted by molar-refractivity contribution is 0.158. The average molecular weight is 233 g/mol. The van der Waals surface area contributed by atoms with Gasteiger partial charge in [-0.1, -0.05) is 41.5 Å². The van der Waals surface area contributed by atoms with Crippen molar-refractivity contribution >= 4 is 0 Å². The summed E-state index contributed by atoms with van der Waals surface area (Å²) in [4.78, 5) is 0. The van der Waals surface area contributed by atoms with E-state index in [1.54, 1.807) is 0 Å². The SMILES string of the molecule is C=C(C)COCCNCc1cc(C)cc(C)c1. The van der Waals surface area contributed by atoms with Crippen molar-refractivity contribution in [3.8, 4) is 0 Å². The zero-order valence-corrected chi connectivity index (χ0v) is 11.2. The molecule has 1 N–H and O–H groups in total. The Balaban J connectivity index is 2.20. The van der Waals surface area contributed by atoms with E-state index < -0.39 is 0 Å². The molecule has 1 rings (SSSR count). The molecule has 1 aromatic rings. The summed E-state index contributed by atoms with van der Waals surface area (Å²) in [5.74, 6) is 0. The number of ether oxygens (including phenoxy) is 1. The Kier molecular flexibility index (Phi) is 5.95. The molecular weight excluding hydrogens is 210 g/mol. The van der Waals surface area contributed by atoms with Gasteiger partial charge in [0.2, 0.25) is 0 Å². The molecule has 0 aliphatic rings. The maximum Gasteiger partial charge on any atom is 0.0672 e. The molecule has 2 heteroatoms. The molecule has 0 aliphatic carbocycles. The van der Waals surface area contributed by atoms with Crippen molar-refractivity contribution in [3.05, 3.63) is 47.0 Å². The molecule has 0 saturated heterocycles. The first kappa shape index (κ1) is 13.9. The van der Waals surface area contributed by atoms with Crippen molar-refractivity contribution in [2.24, 2.45) is 0 Å². The maximum absolute atomic E-state index is 5.42. The van der Waals surface area contributed by atoms with Crippen LogP contribution >= 0.6 is 0 Å². The number of hydrogen-bond donors (Lipinski definition) is 1. The standard InChI is InChI=1S/C15H23NO/c1-12(2)11-17-6-5-16-10-15-8-13(3)7-14(4)9-15/h7-9,16H,1,5-6,10-11H2,2-4H3. The maximum atomic E-state index is 5.42. The van der Waals surface area contributed by atoms with E-state index in [2.05, 4.69) is 43.9 Å². The van der Waals surface area contributed by atoms with Crippen molar-refractivity contribution in [2.75, 3.05) is 19.8 Å². The molecular formula is C15H23NO. The van der Waals surface area contributed by atoms with Gasteiger partial charge in [0, 0.05) is 13.1 Å². The molecule has 0 fully saturated rings. The van der Waals surface area contributed by atoms with E-state index in [0.717, 1.165) is 25.3 Å². The van der Waals surface area contributed by atoms with Gasteiger partial charge in [0.15, 0.2) is 0 Å². The number of aryl methyl sites for hydroxylation is 2. The molecule has 0 amide bonds. The summed E-state index contributed by atoms with van der Waals surface area (Å²) in [6, 6.07) is 6.63. The van der Waals surface area contributed by atoms with Gasteiger partial charge in [-0.15, -0.1) is 0 Å². The number of nitrogens with one attached hydrogen (secondary N) is 1. The Labute approximate surface area is 105 Å². The highest BCUT2D eigenvalue weighted by Gasteiger charge is 1.96. The second kappa shape index (κ2) is 7.25. The van der Waals surface area contributed by atoms with Crippen molar-refractivity contribution < 1.29 is 4.74 Å². The summed E-state index contributed by atoms with van der Waals surface area (Å²) in [5, 5.41) is 3.38. The van der Waals surface area contributed by atoms with Crippen LogP contribution in [0.25, 0.3) is 0 Å². The van der Waals surface area contributed by atoms with Crippen LogP contribution in [0.5, 0.6) is 0 Å². The van der Waals surface area contributed by atoms with E-state index >= 15 is 0 Å². The van der Waals surface area contributed by atoms with Gasteiger partial charge in [0.25, 0.3) is 0 Å². The number of benzene rings is 1. The van der Waals surface area contributed by atoms with Crippen LogP contribution in [-0.2, 0) is 11.3 Å². The first-order valence-electron chi connectivity index (χ1n) is 6.08. The lowest BCUT2D eigenvalue weighted by atomic mass is 10.1. The van der Waals surface area contributed by atoms with Crippen LogP contribution in [0.15, 0.2) is 30.4 Å². The molecule has 0 spiro atoms. The first-order valence-corrected chi connectivity index (χ1v) is 6.08. The van der Waals surface area contributed by atoms with Gasteiger partial charge in [0.05, 0.1) is 13.2 Å². The summed E-state index contributed by atoms with van der Waals surface area (Å²) < 4.78 is 5.42. The quantitative estimate of drug-likeness (QED) is 0.577. The van der Waals surface area contributed by atoms with Crippen molar-refractivity contribution in [1.29, 1.82) is 0 Å². The molecule has 0 heterocycles. The van der Waals surface area contributed by atoms with Gasteiger partial charge >= 0.3 is 0 Å². The normalized spacial score (nSPS) is 10.5. The third-order valence-electron chi connectivity index (χ3n) is 2.38. The van der Waals surface area contributed by atoms with Crippen LogP contribution < -0.4 is 5.32 Å². The zero-order valence-electron chi connectivity index (χ0n) is 11.2. The lowest BCUT2D eigenvalue weighted by Gasteiger charge is -2.08. The van der Waals surface area contributed by atoms with Crippen LogP contribution in [0, 0.1) is 13.8 Å². The Hall–Kier alpha value is -1.12. The van der Waals surface area contributed by atoms with Gasteiger partial charge < -0.3 is 10.1 Å². The van der Waals surface area contributed by atoms with Crippen LogP contribution in [-0.4, -0.2) is 19.8 Å². The second-order valence-electron chi connectivity index (χ2n) is 4.68. The van der Waals surface area contributed by atoms with E-state index in [1.165, 1.54) is 16.7 Å². The Morgan fingerprint density at radius 3 is 2.47 bits per heavy atom. The van der Waals surface area contributed by atoms with Crippen molar-refractivity contribution in [1.82, 2.24) is 5.32 Å². The van der Waals surface area contributed by atoms with Crippen LogP contribution in [0.4, 0.5) is 0 Å². The van der Waals surface area contributed by atoms with Gasteiger partial charge in [-0.05, 0) is 26.3 Å². The predicted octanol–water partition coefficient (Wildman–Crippen LogP) is 2.99. The van der Waals surface area contributed by atoms with E-state index in [4.69, 9.17) is 4.74 Å². The Morgan fingerprint density at radius 1 is 1.24 bits per heavy atom. The minimum atomic E-state index is 0.658. The first-order chi connectivity index (χ1) is 8.08. The molecule has 0 atom stereocenters. The summed E-state index contributed by atoms with van der Waals surface area (Å²) >= 11 is 0. The fraction of sp³-hybridized carbons (Fsp3) is 0.467. The topological polar surface area (TPSA) is 21.3 Å². The molecule has 0 aromatic heterocycles. The molecule has 2 nitrogen and oxygen atoms in total. The minimum Gasteiger partial charge on any atom is -0.376 e. The highest BCUT2D eigenvalue weighted by atomic mass is 16.5. The molecule has 0 saturated carbocycles. The number of rotatable bonds is 7. The molecule has 0 unspecified atom stereocenters. The summed E-state index contributed by atoms with van der Waals surface area (Å²) in [7, 11) is 0. The molecule has 94 valence electrons. The van der Waals surface area contributed by atoms with Gasteiger partial charge in [-0.2, -0.15) is 0 Å². The summed E-state index contributed by atoms with van der Waals surface area (Å²) in [6.45, 7) is 13.2. The van der Waals surface area contributed by atoms with E-state index in [0.29, 0.717) is 6.61 Å². The van der Waals surface area contributed by atoms with E-state index in [-0.39, 0.29) is 0 Å². The highest BCUT2D eigenvalue weighted by Crippen LogP contribution is 2.08. The molecule has 17 heavy (non-hydrogen) atoms. The third kappa shape index (κ3) is 6.25. The molecule has 1 aromatic carbocycles. The fourth-order valence-corrected chi connectivity index (χ4v) is 1.79. The van der Waals surface area contributed by atoms with Gasteiger partial charge in [-0.3, -0.25) is 0 Å². The van der Waals surface area contributed by atoms with Crippen LogP contribution in [0.2, 0.25) is 0 Å². The summed E-state index contributed by atoms with van der Waals surface area (Å²) in [5.41, 5.74) is 5.04. The van der Waals surface area contributed by atoms with Gasteiger partial charge in [0.1, 0.15) is 0 Å². The molecule has 0 bridgehead atoms. The van der Waals surface area contributed by atoms with Crippen molar-refractivity contribution in [3.63, 3.8) is 0 Å². The average Bonchev–Trinajstić information content (AvgIpc) is 2.21.